The van der Waals surface area contributed by atoms with Crippen LogP contribution < -0.4 is 10.5 Å². The lowest BCUT2D eigenvalue weighted by Crippen LogP contribution is -2.42. The Labute approximate surface area is 104 Å². The zero-order valence-electron chi connectivity index (χ0n) is 10.8. The summed E-state index contributed by atoms with van der Waals surface area (Å²) in [5.41, 5.74) is 8.49. The maximum atomic E-state index is 5.99. The van der Waals surface area contributed by atoms with E-state index in [-0.39, 0.29) is 0 Å². The standard InChI is InChI=1S/C14H22N2O/c1-11-5-6-12(8-14(11)17-2)9-16-7-3-4-13(15)10-16/h5-6,8,13H,3-4,7,9-10,15H2,1-2H3/t13-/m1/s1. The fourth-order valence-corrected chi connectivity index (χ4v) is 2.46. The second-order valence-electron chi connectivity index (χ2n) is 4.94. The van der Waals surface area contributed by atoms with Gasteiger partial charge in [0.1, 0.15) is 5.75 Å². The van der Waals surface area contributed by atoms with E-state index in [2.05, 4.69) is 30.0 Å². The van der Waals surface area contributed by atoms with Gasteiger partial charge < -0.3 is 10.5 Å². The Balaban J connectivity index is 2.02. The van der Waals surface area contributed by atoms with Crippen LogP contribution in [0.2, 0.25) is 0 Å². The van der Waals surface area contributed by atoms with Crippen molar-refractivity contribution < 1.29 is 4.74 Å². The summed E-state index contributed by atoms with van der Waals surface area (Å²) in [6.07, 6.45) is 2.37. The Bertz CT molecular complexity index is 378. The van der Waals surface area contributed by atoms with E-state index >= 15 is 0 Å². The molecule has 1 heterocycles. The van der Waals surface area contributed by atoms with E-state index < -0.39 is 0 Å². The molecule has 1 fully saturated rings. The minimum absolute atomic E-state index is 0.344. The topological polar surface area (TPSA) is 38.5 Å². The Morgan fingerprint density at radius 1 is 1.47 bits per heavy atom. The van der Waals surface area contributed by atoms with Crippen molar-refractivity contribution in [2.75, 3.05) is 20.2 Å². The first-order valence-electron chi connectivity index (χ1n) is 6.30. The predicted molar refractivity (Wildman–Crippen MR) is 70.2 cm³/mol. The fraction of sp³-hybridized carbons (Fsp3) is 0.571. The van der Waals surface area contributed by atoms with Crippen molar-refractivity contribution in [3.63, 3.8) is 0 Å². The zero-order valence-corrected chi connectivity index (χ0v) is 10.8. The average molecular weight is 234 g/mol. The van der Waals surface area contributed by atoms with Crippen LogP contribution in [-0.2, 0) is 6.54 Å². The third kappa shape index (κ3) is 3.20. The molecule has 0 bridgehead atoms. The monoisotopic (exact) mass is 234 g/mol. The molecule has 17 heavy (non-hydrogen) atoms. The van der Waals surface area contributed by atoms with Crippen LogP contribution in [0, 0.1) is 6.92 Å². The third-order valence-electron chi connectivity index (χ3n) is 3.42. The Kier molecular flexibility index (Phi) is 4.02. The molecule has 0 unspecified atom stereocenters. The van der Waals surface area contributed by atoms with E-state index in [0.717, 1.165) is 31.8 Å². The number of nitrogens with two attached hydrogens (primary N) is 1. The van der Waals surface area contributed by atoms with Crippen molar-refractivity contribution in [2.24, 2.45) is 5.73 Å². The number of rotatable bonds is 3. The Hall–Kier alpha value is -1.06. The van der Waals surface area contributed by atoms with Gasteiger partial charge in [-0.15, -0.1) is 0 Å². The van der Waals surface area contributed by atoms with Gasteiger partial charge in [-0.1, -0.05) is 12.1 Å². The van der Waals surface area contributed by atoms with Crippen LogP contribution in [0.25, 0.3) is 0 Å². The predicted octanol–water partition coefficient (Wildman–Crippen LogP) is 1.93. The molecule has 3 nitrogen and oxygen atoms in total. The van der Waals surface area contributed by atoms with Crippen molar-refractivity contribution >= 4 is 0 Å². The molecule has 0 radical (unpaired) electrons. The second-order valence-corrected chi connectivity index (χ2v) is 4.94. The normalized spacial score (nSPS) is 21.5. The molecule has 1 aliphatic heterocycles. The number of ether oxygens (including phenoxy) is 1. The van der Waals surface area contributed by atoms with Gasteiger partial charge in [0.25, 0.3) is 0 Å². The molecule has 2 rings (SSSR count). The highest BCUT2D eigenvalue weighted by atomic mass is 16.5. The molecule has 94 valence electrons. The van der Waals surface area contributed by atoms with Gasteiger partial charge in [0, 0.05) is 19.1 Å². The largest absolute Gasteiger partial charge is 0.496 e. The number of likely N-dealkylation sites (tertiary alicyclic amines) is 1. The SMILES string of the molecule is COc1cc(CN2CCC[C@@H](N)C2)ccc1C. The first-order chi connectivity index (χ1) is 8.19. The van der Waals surface area contributed by atoms with Crippen LogP contribution >= 0.6 is 0 Å². The van der Waals surface area contributed by atoms with E-state index in [4.69, 9.17) is 10.5 Å². The van der Waals surface area contributed by atoms with Crippen LogP contribution in [-0.4, -0.2) is 31.1 Å². The molecule has 2 N–H and O–H groups in total. The number of benzene rings is 1. The first-order valence-corrected chi connectivity index (χ1v) is 6.30. The summed E-state index contributed by atoms with van der Waals surface area (Å²) in [4.78, 5) is 2.43. The molecular formula is C14H22N2O. The van der Waals surface area contributed by atoms with Crippen LogP contribution in [0.1, 0.15) is 24.0 Å². The van der Waals surface area contributed by atoms with E-state index in [1.807, 2.05) is 0 Å². The first kappa shape index (κ1) is 12.4. The van der Waals surface area contributed by atoms with E-state index in [0.29, 0.717) is 6.04 Å². The molecule has 1 aliphatic rings. The van der Waals surface area contributed by atoms with Gasteiger partial charge in [-0.25, -0.2) is 0 Å². The summed E-state index contributed by atoms with van der Waals surface area (Å²) in [5.74, 6) is 0.976. The summed E-state index contributed by atoms with van der Waals surface area (Å²) in [7, 11) is 1.73. The minimum atomic E-state index is 0.344. The maximum absolute atomic E-state index is 5.99. The number of aryl methyl sites for hydroxylation is 1. The Morgan fingerprint density at radius 3 is 3.00 bits per heavy atom. The van der Waals surface area contributed by atoms with E-state index in [1.54, 1.807) is 7.11 Å². The molecule has 0 aromatic heterocycles. The highest BCUT2D eigenvalue weighted by Crippen LogP contribution is 2.21. The van der Waals surface area contributed by atoms with Crippen LogP contribution in [0.15, 0.2) is 18.2 Å². The number of hydrogen-bond acceptors (Lipinski definition) is 3. The number of piperidine rings is 1. The quantitative estimate of drug-likeness (QED) is 0.868. The summed E-state index contributed by atoms with van der Waals surface area (Å²) in [6.45, 7) is 5.21. The maximum Gasteiger partial charge on any atom is 0.122 e. The van der Waals surface area contributed by atoms with Crippen LogP contribution in [0.4, 0.5) is 0 Å². The number of methoxy groups -OCH3 is 1. The summed E-state index contributed by atoms with van der Waals surface area (Å²) >= 11 is 0. The van der Waals surface area contributed by atoms with Crippen molar-refractivity contribution in [2.45, 2.75) is 32.4 Å². The number of hydrogen-bond donors (Lipinski definition) is 1. The molecule has 1 aromatic rings. The van der Waals surface area contributed by atoms with Crippen molar-refractivity contribution in [1.82, 2.24) is 4.90 Å². The molecule has 0 amide bonds. The van der Waals surface area contributed by atoms with Crippen molar-refractivity contribution in [1.29, 1.82) is 0 Å². The van der Waals surface area contributed by atoms with E-state index in [9.17, 15) is 0 Å². The average Bonchev–Trinajstić information content (AvgIpc) is 2.32. The molecule has 0 saturated carbocycles. The molecular weight excluding hydrogens is 212 g/mol. The second kappa shape index (κ2) is 5.52. The molecule has 1 aromatic carbocycles. The smallest absolute Gasteiger partial charge is 0.122 e. The van der Waals surface area contributed by atoms with Gasteiger partial charge in [-0.2, -0.15) is 0 Å². The third-order valence-corrected chi connectivity index (χ3v) is 3.42. The number of nitrogens with zero attached hydrogens (tertiary/aromatic N) is 1. The molecule has 1 saturated heterocycles. The van der Waals surface area contributed by atoms with Gasteiger partial charge in [0.15, 0.2) is 0 Å². The van der Waals surface area contributed by atoms with Gasteiger partial charge in [-0.3, -0.25) is 4.90 Å². The lowest BCUT2D eigenvalue weighted by Gasteiger charge is -2.30. The lowest BCUT2D eigenvalue weighted by atomic mass is 10.1. The summed E-state index contributed by atoms with van der Waals surface area (Å²) < 4.78 is 5.35. The molecule has 1 atom stereocenters. The summed E-state index contributed by atoms with van der Waals surface area (Å²) in [5, 5.41) is 0. The minimum Gasteiger partial charge on any atom is -0.496 e. The van der Waals surface area contributed by atoms with Crippen molar-refractivity contribution in [3.05, 3.63) is 29.3 Å². The highest BCUT2D eigenvalue weighted by Gasteiger charge is 2.16. The lowest BCUT2D eigenvalue weighted by molar-refractivity contribution is 0.201. The molecule has 3 heteroatoms. The van der Waals surface area contributed by atoms with Gasteiger partial charge in [-0.05, 0) is 43.5 Å². The Morgan fingerprint density at radius 2 is 2.29 bits per heavy atom. The van der Waals surface area contributed by atoms with E-state index in [1.165, 1.54) is 17.5 Å². The van der Waals surface area contributed by atoms with Gasteiger partial charge in [0.05, 0.1) is 7.11 Å². The van der Waals surface area contributed by atoms with Gasteiger partial charge >= 0.3 is 0 Å². The van der Waals surface area contributed by atoms with Crippen LogP contribution in [0.3, 0.4) is 0 Å². The fourth-order valence-electron chi connectivity index (χ4n) is 2.46. The molecule has 0 aliphatic carbocycles. The van der Waals surface area contributed by atoms with Gasteiger partial charge in [0.2, 0.25) is 0 Å². The summed E-state index contributed by atoms with van der Waals surface area (Å²) in [6, 6.07) is 6.78. The van der Waals surface area contributed by atoms with Crippen molar-refractivity contribution in [3.8, 4) is 5.75 Å². The highest BCUT2D eigenvalue weighted by molar-refractivity contribution is 5.36. The zero-order chi connectivity index (χ0) is 12.3. The van der Waals surface area contributed by atoms with Crippen LogP contribution in [0.5, 0.6) is 5.75 Å². The molecule has 0 spiro atoms.